The molecule has 1 saturated heterocycles. The third kappa shape index (κ3) is 7.27. The molecule has 212 valence electrons. The molecule has 0 bridgehead atoms. The Morgan fingerprint density at radius 1 is 1.21 bits per heavy atom. The molecule has 0 aliphatic carbocycles. The van der Waals surface area contributed by atoms with Crippen molar-refractivity contribution in [1.29, 1.82) is 5.26 Å². The van der Waals surface area contributed by atoms with Crippen LogP contribution in [0.4, 0.5) is 18.9 Å². The molecule has 1 unspecified atom stereocenters. The quantitative estimate of drug-likeness (QED) is 0.411. The molecular formula is C26H32F3N5O5. The largest absolute Gasteiger partial charge is 0.423 e. The number of benzene rings is 1. The standard InChI is InChI=1S/C26H32F3N5O5/c1-32(2)21-9-7-17(13-18(21)14-30)23(36)31-11-5-3-4-6-12-33-24(37)20(26(27,28)29)15-34(25(33)38)22-10-8-19(16-35)39-22/h7,9,13,15,19,22,35H,3-6,8,10-12,16H2,1-2H3,(H,31,36)/t19-,22?/m0/s1. The van der Waals surface area contributed by atoms with E-state index in [4.69, 9.17) is 4.74 Å². The lowest BCUT2D eigenvalue weighted by atomic mass is 10.1. The summed E-state index contributed by atoms with van der Waals surface area (Å²) in [6.45, 7) is -0.169. The van der Waals surface area contributed by atoms with Gasteiger partial charge in [-0.25, -0.2) is 4.79 Å². The molecule has 1 fully saturated rings. The summed E-state index contributed by atoms with van der Waals surface area (Å²) in [6, 6.07) is 6.92. The molecule has 0 radical (unpaired) electrons. The lowest BCUT2D eigenvalue weighted by Crippen LogP contribution is -2.44. The van der Waals surface area contributed by atoms with Crippen LogP contribution in [0.1, 0.15) is 66.2 Å². The van der Waals surface area contributed by atoms with Gasteiger partial charge in [-0.1, -0.05) is 12.8 Å². The summed E-state index contributed by atoms with van der Waals surface area (Å²) >= 11 is 0. The molecular weight excluding hydrogens is 519 g/mol. The maximum Gasteiger partial charge on any atom is 0.423 e. The predicted octanol–water partition coefficient (Wildman–Crippen LogP) is 2.63. The van der Waals surface area contributed by atoms with E-state index < -0.39 is 35.3 Å². The van der Waals surface area contributed by atoms with Crippen molar-refractivity contribution < 1.29 is 27.8 Å². The van der Waals surface area contributed by atoms with Gasteiger partial charge in [0.15, 0.2) is 0 Å². The van der Waals surface area contributed by atoms with Crippen LogP contribution in [0.5, 0.6) is 0 Å². The number of nitrogens with one attached hydrogen (secondary N) is 1. The Kier molecular flexibility index (Phi) is 9.93. The molecule has 0 saturated carbocycles. The highest BCUT2D eigenvalue weighted by atomic mass is 19.4. The molecule has 39 heavy (non-hydrogen) atoms. The number of carbonyl (C=O) groups is 1. The van der Waals surface area contributed by atoms with Crippen LogP contribution in [0.2, 0.25) is 0 Å². The normalized spacial score (nSPS) is 17.2. The third-order valence-corrected chi connectivity index (χ3v) is 6.56. The molecule has 1 aromatic heterocycles. The van der Waals surface area contributed by atoms with Crippen molar-refractivity contribution in [1.82, 2.24) is 14.5 Å². The summed E-state index contributed by atoms with van der Waals surface area (Å²) in [6.07, 6.45) is -3.41. The van der Waals surface area contributed by atoms with Crippen LogP contribution in [0, 0.1) is 11.3 Å². The second-order valence-corrected chi connectivity index (χ2v) is 9.57. The Morgan fingerprint density at radius 2 is 1.92 bits per heavy atom. The molecule has 13 heteroatoms. The zero-order valence-electron chi connectivity index (χ0n) is 21.8. The molecule has 2 heterocycles. The summed E-state index contributed by atoms with van der Waals surface area (Å²) in [5, 5.41) is 21.3. The molecule has 3 rings (SSSR count). The number of alkyl halides is 3. The summed E-state index contributed by atoms with van der Waals surface area (Å²) in [4.78, 5) is 39.5. The predicted molar refractivity (Wildman–Crippen MR) is 136 cm³/mol. The maximum atomic E-state index is 13.5. The number of carbonyl (C=O) groups excluding carboxylic acids is 1. The van der Waals surface area contributed by atoms with Gasteiger partial charge in [0.2, 0.25) is 0 Å². The molecule has 2 N–H and O–H groups in total. The Balaban J connectivity index is 1.55. The van der Waals surface area contributed by atoms with E-state index in [9.17, 15) is 37.9 Å². The lowest BCUT2D eigenvalue weighted by molar-refractivity contribution is -0.140. The number of unbranched alkanes of at least 4 members (excludes halogenated alkanes) is 3. The molecule has 2 atom stereocenters. The number of hydrogen-bond acceptors (Lipinski definition) is 7. The molecule has 1 aliphatic heterocycles. The van der Waals surface area contributed by atoms with Crippen molar-refractivity contribution in [3.63, 3.8) is 0 Å². The summed E-state index contributed by atoms with van der Waals surface area (Å²) in [7, 11) is 3.60. The van der Waals surface area contributed by atoms with Gasteiger partial charge in [-0.3, -0.25) is 18.7 Å². The first-order chi connectivity index (χ1) is 18.5. The Bertz CT molecular complexity index is 1330. The minimum Gasteiger partial charge on any atom is -0.394 e. The summed E-state index contributed by atoms with van der Waals surface area (Å²) in [5.74, 6) is -0.328. The van der Waals surface area contributed by atoms with Crippen LogP contribution < -0.4 is 21.5 Å². The SMILES string of the molecule is CN(C)c1ccc(C(=O)NCCCCCCn2c(=O)c(C(F)(F)F)cn(C3CC[C@@H](CO)O3)c2=O)cc1C#N. The number of aromatic nitrogens is 2. The minimum absolute atomic E-state index is 0.195. The Morgan fingerprint density at radius 3 is 2.54 bits per heavy atom. The van der Waals surface area contributed by atoms with Crippen molar-refractivity contribution in [3.8, 4) is 6.07 Å². The van der Waals surface area contributed by atoms with Gasteiger partial charge in [-0.15, -0.1) is 0 Å². The van der Waals surface area contributed by atoms with E-state index in [0.29, 0.717) is 59.8 Å². The topological polar surface area (TPSA) is 130 Å². The minimum atomic E-state index is -4.94. The van der Waals surface area contributed by atoms with E-state index in [2.05, 4.69) is 11.4 Å². The molecule has 10 nitrogen and oxygen atoms in total. The number of ether oxygens (including phenoxy) is 1. The van der Waals surface area contributed by atoms with Gasteiger partial charge in [-0.2, -0.15) is 18.4 Å². The lowest BCUT2D eigenvalue weighted by Gasteiger charge is -2.19. The summed E-state index contributed by atoms with van der Waals surface area (Å²) < 4.78 is 47.4. The average Bonchev–Trinajstić information content (AvgIpc) is 3.37. The molecule has 2 aromatic rings. The van der Waals surface area contributed by atoms with E-state index >= 15 is 0 Å². The van der Waals surface area contributed by atoms with Crippen molar-refractivity contribution in [2.75, 3.05) is 32.1 Å². The number of nitrogens with zero attached hydrogens (tertiary/aromatic N) is 4. The maximum absolute atomic E-state index is 13.5. The summed E-state index contributed by atoms with van der Waals surface area (Å²) in [5.41, 5.74) is -2.30. The number of amides is 1. The zero-order chi connectivity index (χ0) is 28.7. The van der Waals surface area contributed by atoms with Crippen LogP contribution in [0.15, 0.2) is 34.0 Å². The van der Waals surface area contributed by atoms with Crippen LogP contribution >= 0.6 is 0 Å². The van der Waals surface area contributed by atoms with Crippen molar-refractivity contribution in [2.45, 2.75) is 63.6 Å². The van der Waals surface area contributed by atoms with E-state index in [-0.39, 0.29) is 31.9 Å². The van der Waals surface area contributed by atoms with Gasteiger partial charge >= 0.3 is 11.9 Å². The highest BCUT2D eigenvalue weighted by Crippen LogP contribution is 2.30. The van der Waals surface area contributed by atoms with Gasteiger partial charge in [0.05, 0.1) is 24.0 Å². The molecule has 1 aromatic carbocycles. The first kappa shape index (κ1) is 29.9. The zero-order valence-corrected chi connectivity index (χ0v) is 21.8. The van der Waals surface area contributed by atoms with E-state index in [1.54, 1.807) is 31.1 Å². The second-order valence-electron chi connectivity index (χ2n) is 9.57. The smallest absolute Gasteiger partial charge is 0.394 e. The first-order valence-electron chi connectivity index (χ1n) is 12.7. The van der Waals surface area contributed by atoms with E-state index in [0.717, 1.165) is 4.57 Å². The monoisotopic (exact) mass is 551 g/mol. The van der Waals surface area contributed by atoms with Gasteiger partial charge in [-0.05, 0) is 43.9 Å². The number of hydrogen-bond donors (Lipinski definition) is 2. The second kappa shape index (κ2) is 12.9. The Labute approximate surface area is 223 Å². The van der Waals surface area contributed by atoms with E-state index in [1.807, 2.05) is 0 Å². The van der Waals surface area contributed by atoms with Crippen LogP contribution in [-0.4, -0.2) is 53.5 Å². The fraction of sp³-hybridized carbons (Fsp3) is 0.538. The van der Waals surface area contributed by atoms with Crippen molar-refractivity contribution >= 4 is 11.6 Å². The first-order valence-corrected chi connectivity index (χ1v) is 12.7. The van der Waals surface area contributed by atoms with Crippen molar-refractivity contribution in [3.05, 3.63) is 61.9 Å². The number of anilines is 1. The van der Waals surface area contributed by atoms with Gasteiger partial charge in [0, 0.05) is 38.9 Å². The molecule has 0 spiro atoms. The van der Waals surface area contributed by atoms with E-state index in [1.165, 1.54) is 6.07 Å². The average molecular weight is 552 g/mol. The van der Waals surface area contributed by atoms with Crippen LogP contribution in [-0.2, 0) is 17.5 Å². The highest BCUT2D eigenvalue weighted by Gasteiger charge is 2.37. The third-order valence-electron chi connectivity index (χ3n) is 6.56. The number of halogens is 3. The molecule has 1 amide bonds. The van der Waals surface area contributed by atoms with Gasteiger partial charge < -0.3 is 20.1 Å². The van der Waals surface area contributed by atoms with Crippen molar-refractivity contribution in [2.24, 2.45) is 0 Å². The molecule has 1 aliphatic rings. The van der Waals surface area contributed by atoms with Gasteiger partial charge in [0.1, 0.15) is 17.9 Å². The number of rotatable bonds is 11. The van der Waals surface area contributed by atoms with Crippen LogP contribution in [0.25, 0.3) is 0 Å². The number of aliphatic hydroxyl groups is 1. The number of nitriles is 1. The Hall–Kier alpha value is -3.63. The fourth-order valence-electron chi connectivity index (χ4n) is 4.45. The fourth-order valence-corrected chi connectivity index (χ4v) is 4.45. The number of aliphatic hydroxyl groups excluding tert-OH is 1. The van der Waals surface area contributed by atoms with Gasteiger partial charge in [0.25, 0.3) is 11.5 Å². The highest BCUT2D eigenvalue weighted by molar-refractivity contribution is 5.95. The van der Waals surface area contributed by atoms with Crippen LogP contribution in [0.3, 0.4) is 0 Å².